The fourth-order valence-electron chi connectivity index (χ4n) is 1.41. The second-order valence-corrected chi connectivity index (χ2v) is 4.04. The molecular formula is C13H21N3O3. The number of unbranched alkanes of at least 4 members (excludes halogenated alkanes) is 1. The highest BCUT2D eigenvalue weighted by atomic mass is 16.5. The summed E-state index contributed by atoms with van der Waals surface area (Å²) in [6, 6.07) is 3.27. The van der Waals surface area contributed by atoms with Gasteiger partial charge in [0.05, 0.1) is 25.1 Å². The number of hydrogen-bond acceptors (Lipinski definition) is 5. The molecule has 106 valence electrons. The van der Waals surface area contributed by atoms with Crippen molar-refractivity contribution < 1.29 is 14.3 Å². The Morgan fingerprint density at radius 3 is 2.84 bits per heavy atom. The van der Waals surface area contributed by atoms with E-state index in [-0.39, 0.29) is 5.91 Å². The van der Waals surface area contributed by atoms with Crippen LogP contribution in [0.15, 0.2) is 18.3 Å². The van der Waals surface area contributed by atoms with E-state index in [1.54, 1.807) is 19.2 Å². The third kappa shape index (κ3) is 6.73. The summed E-state index contributed by atoms with van der Waals surface area (Å²) in [6.45, 7) is 2.51. The molecule has 3 N–H and O–H groups in total. The second-order valence-electron chi connectivity index (χ2n) is 4.04. The molecule has 0 spiro atoms. The highest BCUT2D eigenvalue weighted by molar-refractivity contribution is 5.92. The number of carbonyl (C=O) groups excluding carboxylic acids is 1. The van der Waals surface area contributed by atoms with Crippen LogP contribution in [0.25, 0.3) is 0 Å². The van der Waals surface area contributed by atoms with E-state index in [1.807, 2.05) is 0 Å². The van der Waals surface area contributed by atoms with Gasteiger partial charge in [0.25, 0.3) is 5.91 Å². The van der Waals surface area contributed by atoms with Crippen LogP contribution in [0.2, 0.25) is 0 Å². The number of nitrogens with one attached hydrogen (secondary N) is 1. The summed E-state index contributed by atoms with van der Waals surface area (Å²) in [6.07, 6.45) is 3.24. The third-order valence-corrected chi connectivity index (χ3v) is 2.45. The first-order chi connectivity index (χ1) is 9.24. The molecule has 0 radical (unpaired) electrons. The molecular weight excluding hydrogens is 246 g/mol. The van der Waals surface area contributed by atoms with Gasteiger partial charge in [-0.25, -0.2) is 4.98 Å². The molecule has 0 aliphatic carbocycles. The van der Waals surface area contributed by atoms with E-state index in [9.17, 15) is 4.79 Å². The third-order valence-electron chi connectivity index (χ3n) is 2.45. The molecule has 1 heterocycles. The molecule has 0 fully saturated rings. The first-order valence-electron chi connectivity index (χ1n) is 6.30. The zero-order valence-electron chi connectivity index (χ0n) is 11.2. The number of hydrogen-bond donors (Lipinski definition) is 2. The Hall–Kier alpha value is -1.66. The van der Waals surface area contributed by atoms with E-state index in [0.717, 1.165) is 12.8 Å². The predicted octanol–water partition coefficient (Wildman–Crippen LogP) is 0.837. The summed E-state index contributed by atoms with van der Waals surface area (Å²) in [5.74, 6) is -0.180. The SMILES string of the molecule is COCCOCCCCNC(=O)c1ccc(N)cn1. The van der Waals surface area contributed by atoms with Gasteiger partial charge in [0.15, 0.2) is 0 Å². The van der Waals surface area contributed by atoms with E-state index in [0.29, 0.717) is 37.7 Å². The summed E-state index contributed by atoms with van der Waals surface area (Å²) in [4.78, 5) is 15.6. The average molecular weight is 267 g/mol. The highest BCUT2D eigenvalue weighted by Crippen LogP contribution is 2.00. The Morgan fingerprint density at radius 2 is 2.16 bits per heavy atom. The van der Waals surface area contributed by atoms with Crippen molar-refractivity contribution in [2.75, 3.05) is 39.2 Å². The number of methoxy groups -OCH3 is 1. The number of nitrogen functional groups attached to an aromatic ring is 1. The number of nitrogens with zero attached hydrogens (tertiary/aromatic N) is 1. The summed E-state index contributed by atoms with van der Waals surface area (Å²) in [5.41, 5.74) is 6.43. The average Bonchev–Trinajstić information content (AvgIpc) is 2.42. The molecule has 0 aliphatic rings. The molecule has 6 nitrogen and oxygen atoms in total. The number of carbonyl (C=O) groups is 1. The number of amides is 1. The first-order valence-corrected chi connectivity index (χ1v) is 6.30. The molecule has 0 saturated carbocycles. The molecule has 1 rings (SSSR count). The first kappa shape index (κ1) is 15.4. The fourth-order valence-corrected chi connectivity index (χ4v) is 1.41. The van der Waals surface area contributed by atoms with Gasteiger partial charge in [0, 0.05) is 20.3 Å². The van der Waals surface area contributed by atoms with Crippen molar-refractivity contribution in [3.8, 4) is 0 Å². The lowest BCUT2D eigenvalue weighted by atomic mass is 10.3. The number of pyridine rings is 1. The van der Waals surface area contributed by atoms with E-state index in [2.05, 4.69) is 10.3 Å². The minimum absolute atomic E-state index is 0.180. The number of aromatic nitrogens is 1. The highest BCUT2D eigenvalue weighted by Gasteiger charge is 2.05. The molecule has 0 saturated heterocycles. The lowest BCUT2D eigenvalue weighted by Gasteiger charge is -2.05. The maximum absolute atomic E-state index is 11.7. The van der Waals surface area contributed by atoms with Crippen LogP contribution >= 0.6 is 0 Å². The lowest BCUT2D eigenvalue weighted by molar-refractivity contribution is 0.0686. The topological polar surface area (TPSA) is 86.5 Å². The van der Waals surface area contributed by atoms with Crippen LogP contribution in [0, 0.1) is 0 Å². The van der Waals surface area contributed by atoms with Gasteiger partial charge in [0.2, 0.25) is 0 Å². The molecule has 0 unspecified atom stereocenters. The van der Waals surface area contributed by atoms with Crippen molar-refractivity contribution in [2.24, 2.45) is 0 Å². The molecule has 19 heavy (non-hydrogen) atoms. The Balaban J connectivity index is 2.06. The van der Waals surface area contributed by atoms with Crippen LogP contribution in [0.5, 0.6) is 0 Å². The molecule has 0 bridgehead atoms. The minimum Gasteiger partial charge on any atom is -0.397 e. The Bertz CT molecular complexity index is 368. The van der Waals surface area contributed by atoms with Gasteiger partial charge in [-0.1, -0.05) is 0 Å². The smallest absolute Gasteiger partial charge is 0.269 e. The fraction of sp³-hybridized carbons (Fsp3) is 0.538. The normalized spacial score (nSPS) is 10.4. The van der Waals surface area contributed by atoms with Crippen LogP contribution in [0.3, 0.4) is 0 Å². The van der Waals surface area contributed by atoms with E-state index < -0.39 is 0 Å². The second kappa shape index (κ2) is 9.29. The van der Waals surface area contributed by atoms with E-state index in [1.165, 1.54) is 6.20 Å². The van der Waals surface area contributed by atoms with Crippen molar-refractivity contribution in [1.29, 1.82) is 0 Å². The van der Waals surface area contributed by atoms with Gasteiger partial charge in [0.1, 0.15) is 5.69 Å². The van der Waals surface area contributed by atoms with Crippen LogP contribution in [-0.4, -0.2) is 44.4 Å². The van der Waals surface area contributed by atoms with Crippen LogP contribution in [0.4, 0.5) is 5.69 Å². The number of nitrogens with two attached hydrogens (primary N) is 1. The monoisotopic (exact) mass is 267 g/mol. The molecule has 0 aliphatic heterocycles. The largest absolute Gasteiger partial charge is 0.397 e. The molecule has 6 heteroatoms. The quantitative estimate of drug-likeness (QED) is 0.647. The lowest BCUT2D eigenvalue weighted by Crippen LogP contribution is -2.25. The van der Waals surface area contributed by atoms with Crippen molar-refractivity contribution >= 4 is 11.6 Å². The van der Waals surface area contributed by atoms with E-state index in [4.69, 9.17) is 15.2 Å². The maximum atomic E-state index is 11.7. The van der Waals surface area contributed by atoms with Gasteiger partial charge in [-0.2, -0.15) is 0 Å². The summed E-state index contributed by atoms with van der Waals surface area (Å²) >= 11 is 0. The van der Waals surface area contributed by atoms with Crippen LogP contribution in [-0.2, 0) is 9.47 Å². The molecule has 1 aromatic heterocycles. The Morgan fingerprint density at radius 1 is 1.32 bits per heavy atom. The zero-order valence-corrected chi connectivity index (χ0v) is 11.2. The van der Waals surface area contributed by atoms with Crippen LogP contribution in [0.1, 0.15) is 23.3 Å². The zero-order chi connectivity index (χ0) is 13.9. The van der Waals surface area contributed by atoms with Crippen LogP contribution < -0.4 is 11.1 Å². The van der Waals surface area contributed by atoms with Gasteiger partial charge in [-0.3, -0.25) is 4.79 Å². The predicted molar refractivity (Wildman–Crippen MR) is 72.9 cm³/mol. The number of anilines is 1. The van der Waals surface area contributed by atoms with Gasteiger partial charge >= 0.3 is 0 Å². The number of rotatable bonds is 9. The van der Waals surface area contributed by atoms with Crippen molar-refractivity contribution in [1.82, 2.24) is 10.3 Å². The Labute approximate surface area is 113 Å². The summed E-state index contributed by atoms with van der Waals surface area (Å²) in [5, 5.41) is 2.80. The van der Waals surface area contributed by atoms with Crippen molar-refractivity contribution in [3.05, 3.63) is 24.0 Å². The van der Waals surface area contributed by atoms with E-state index >= 15 is 0 Å². The molecule has 1 aromatic rings. The summed E-state index contributed by atoms with van der Waals surface area (Å²) in [7, 11) is 1.64. The standard InChI is InChI=1S/C13H21N3O3/c1-18-8-9-19-7-3-2-6-15-13(17)12-5-4-11(14)10-16-12/h4-5,10H,2-3,6-9,14H2,1H3,(H,15,17). The molecule has 0 atom stereocenters. The molecule has 1 amide bonds. The van der Waals surface area contributed by atoms with Gasteiger partial charge in [-0.05, 0) is 25.0 Å². The van der Waals surface area contributed by atoms with Gasteiger partial charge < -0.3 is 20.5 Å². The summed E-state index contributed by atoms with van der Waals surface area (Å²) < 4.78 is 10.2. The number of ether oxygens (including phenoxy) is 2. The van der Waals surface area contributed by atoms with Gasteiger partial charge in [-0.15, -0.1) is 0 Å². The minimum atomic E-state index is -0.180. The maximum Gasteiger partial charge on any atom is 0.269 e. The Kier molecular flexibility index (Phi) is 7.53. The van der Waals surface area contributed by atoms with Crippen molar-refractivity contribution in [2.45, 2.75) is 12.8 Å². The van der Waals surface area contributed by atoms with Crippen molar-refractivity contribution in [3.63, 3.8) is 0 Å². The molecule has 0 aromatic carbocycles.